The van der Waals surface area contributed by atoms with Gasteiger partial charge in [0.2, 0.25) is 5.91 Å². The van der Waals surface area contributed by atoms with Crippen LogP contribution in [0.2, 0.25) is 0 Å². The van der Waals surface area contributed by atoms with Crippen LogP contribution >= 0.6 is 0 Å². The second-order valence-electron chi connectivity index (χ2n) is 8.13. The zero-order valence-electron chi connectivity index (χ0n) is 18.5. The summed E-state index contributed by atoms with van der Waals surface area (Å²) in [5, 5.41) is 14.4. The van der Waals surface area contributed by atoms with E-state index in [4.69, 9.17) is 9.47 Å². The normalized spacial score (nSPS) is 11.8. The minimum Gasteiger partial charge on any atom is -0.491 e. The molecule has 171 valence electrons. The van der Waals surface area contributed by atoms with Crippen LogP contribution in [0.3, 0.4) is 0 Å². The van der Waals surface area contributed by atoms with E-state index in [2.05, 4.69) is 10.6 Å². The number of carboxylic acids is 1. The third kappa shape index (κ3) is 9.51. The topological polar surface area (TPSA) is 114 Å². The summed E-state index contributed by atoms with van der Waals surface area (Å²) in [6, 6.07) is 15.1. The molecule has 2 rings (SSSR count). The summed E-state index contributed by atoms with van der Waals surface area (Å²) in [7, 11) is 0. The Bertz CT molecular complexity index is 891. The van der Waals surface area contributed by atoms with E-state index < -0.39 is 23.7 Å². The van der Waals surface area contributed by atoms with E-state index in [1.165, 1.54) is 6.54 Å². The SMILES string of the molecule is CC(C)(C)OC(=O)N[C@@H](Cc1ccc(OC[CH]NC(=O)Cc2ccccc2)cc1)C(=O)O. The third-order valence-electron chi connectivity index (χ3n) is 4.16. The van der Waals surface area contributed by atoms with Gasteiger partial charge in [0.15, 0.2) is 0 Å². The number of hydrogen-bond acceptors (Lipinski definition) is 5. The van der Waals surface area contributed by atoms with Crippen LogP contribution in [0.5, 0.6) is 5.75 Å². The van der Waals surface area contributed by atoms with Crippen molar-refractivity contribution in [2.45, 2.75) is 45.3 Å². The van der Waals surface area contributed by atoms with E-state index in [9.17, 15) is 19.5 Å². The highest BCUT2D eigenvalue weighted by Gasteiger charge is 2.24. The first-order chi connectivity index (χ1) is 15.1. The molecule has 8 heteroatoms. The molecule has 2 aromatic carbocycles. The molecule has 1 radical (unpaired) electrons. The van der Waals surface area contributed by atoms with Gasteiger partial charge in [-0.05, 0) is 44.0 Å². The lowest BCUT2D eigenvalue weighted by atomic mass is 10.1. The second-order valence-corrected chi connectivity index (χ2v) is 8.13. The molecular formula is C24H29N2O6. The summed E-state index contributed by atoms with van der Waals surface area (Å²) in [5.74, 6) is -0.723. The van der Waals surface area contributed by atoms with Gasteiger partial charge in [-0.2, -0.15) is 0 Å². The lowest BCUT2D eigenvalue weighted by Crippen LogP contribution is -2.44. The number of rotatable bonds is 10. The van der Waals surface area contributed by atoms with Crippen molar-refractivity contribution in [2.24, 2.45) is 0 Å². The van der Waals surface area contributed by atoms with Crippen LogP contribution in [-0.2, 0) is 27.2 Å². The Hall–Kier alpha value is -3.55. The zero-order chi connectivity index (χ0) is 23.6. The van der Waals surface area contributed by atoms with Crippen LogP contribution in [0.15, 0.2) is 54.6 Å². The van der Waals surface area contributed by atoms with E-state index in [1.54, 1.807) is 45.0 Å². The summed E-state index contributed by atoms with van der Waals surface area (Å²) in [5.41, 5.74) is 0.918. The molecule has 0 fully saturated rings. The van der Waals surface area contributed by atoms with E-state index in [0.717, 1.165) is 5.56 Å². The number of benzene rings is 2. The van der Waals surface area contributed by atoms with Crippen molar-refractivity contribution in [3.8, 4) is 5.75 Å². The molecule has 1 atom stereocenters. The molecule has 0 aliphatic rings. The van der Waals surface area contributed by atoms with Gasteiger partial charge in [0.25, 0.3) is 0 Å². The number of nitrogens with one attached hydrogen (secondary N) is 2. The van der Waals surface area contributed by atoms with E-state index >= 15 is 0 Å². The molecule has 0 saturated carbocycles. The number of aliphatic carboxylic acids is 1. The fourth-order valence-electron chi connectivity index (χ4n) is 2.73. The van der Waals surface area contributed by atoms with Crippen molar-refractivity contribution in [3.05, 3.63) is 72.3 Å². The van der Waals surface area contributed by atoms with Crippen molar-refractivity contribution in [2.75, 3.05) is 6.61 Å². The van der Waals surface area contributed by atoms with Gasteiger partial charge in [0.05, 0.1) is 13.0 Å². The summed E-state index contributed by atoms with van der Waals surface area (Å²) in [6.45, 7) is 6.82. The Morgan fingerprint density at radius 2 is 1.66 bits per heavy atom. The van der Waals surface area contributed by atoms with Gasteiger partial charge >= 0.3 is 12.1 Å². The zero-order valence-corrected chi connectivity index (χ0v) is 18.5. The van der Waals surface area contributed by atoms with Gasteiger partial charge in [0.1, 0.15) is 24.0 Å². The highest BCUT2D eigenvalue weighted by Crippen LogP contribution is 2.14. The number of hydrogen-bond donors (Lipinski definition) is 3. The smallest absolute Gasteiger partial charge is 0.408 e. The van der Waals surface area contributed by atoms with Crippen molar-refractivity contribution in [1.29, 1.82) is 0 Å². The van der Waals surface area contributed by atoms with Crippen LogP contribution < -0.4 is 15.4 Å². The maximum atomic E-state index is 11.9. The summed E-state index contributed by atoms with van der Waals surface area (Å²) < 4.78 is 10.7. The number of ether oxygens (including phenoxy) is 2. The van der Waals surface area contributed by atoms with E-state index in [1.807, 2.05) is 30.3 Å². The third-order valence-corrected chi connectivity index (χ3v) is 4.16. The van der Waals surface area contributed by atoms with Crippen molar-refractivity contribution in [3.63, 3.8) is 0 Å². The molecule has 8 nitrogen and oxygen atoms in total. The molecule has 0 aromatic heterocycles. The molecule has 0 bridgehead atoms. The predicted octanol–water partition coefficient (Wildman–Crippen LogP) is 3.11. The molecule has 2 amide bonds. The summed E-state index contributed by atoms with van der Waals surface area (Å²) >= 11 is 0. The van der Waals surface area contributed by atoms with Gasteiger partial charge in [-0.1, -0.05) is 42.5 Å². The van der Waals surface area contributed by atoms with E-state index in [-0.39, 0.29) is 25.4 Å². The number of carbonyl (C=O) groups excluding carboxylic acids is 2. The predicted molar refractivity (Wildman–Crippen MR) is 119 cm³/mol. The van der Waals surface area contributed by atoms with Crippen molar-refractivity contribution >= 4 is 18.0 Å². The Morgan fingerprint density at radius 3 is 2.25 bits per heavy atom. The van der Waals surface area contributed by atoms with Crippen LogP contribution in [0.1, 0.15) is 31.9 Å². The van der Waals surface area contributed by atoms with E-state index in [0.29, 0.717) is 11.3 Å². The van der Waals surface area contributed by atoms with Crippen LogP contribution in [0, 0.1) is 6.54 Å². The number of alkyl carbamates (subject to hydrolysis) is 1. The molecule has 3 N–H and O–H groups in total. The number of amides is 2. The highest BCUT2D eigenvalue weighted by molar-refractivity contribution is 5.80. The Balaban J connectivity index is 1.76. The average molecular weight is 442 g/mol. The fourth-order valence-corrected chi connectivity index (χ4v) is 2.73. The van der Waals surface area contributed by atoms with Gasteiger partial charge in [-0.3, -0.25) is 4.79 Å². The second kappa shape index (κ2) is 11.7. The minimum absolute atomic E-state index is 0.0938. The molecule has 32 heavy (non-hydrogen) atoms. The van der Waals surface area contributed by atoms with Crippen LogP contribution in [0.25, 0.3) is 0 Å². The van der Waals surface area contributed by atoms with Crippen molar-refractivity contribution in [1.82, 2.24) is 10.6 Å². The average Bonchev–Trinajstić information content (AvgIpc) is 2.71. The molecule has 0 spiro atoms. The van der Waals surface area contributed by atoms with Crippen LogP contribution in [-0.4, -0.2) is 41.3 Å². The van der Waals surface area contributed by atoms with Gasteiger partial charge in [-0.25, -0.2) is 9.59 Å². The Morgan fingerprint density at radius 1 is 1.00 bits per heavy atom. The molecular weight excluding hydrogens is 412 g/mol. The molecule has 0 unspecified atom stereocenters. The number of carboxylic acid groups (broad SMARTS) is 1. The van der Waals surface area contributed by atoms with Gasteiger partial charge < -0.3 is 25.2 Å². The maximum absolute atomic E-state index is 11.9. The first-order valence-electron chi connectivity index (χ1n) is 10.2. The minimum atomic E-state index is -1.16. The molecule has 0 saturated heterocycles. The first kappa shape index (κ1) is 24.7. The molecule has 0 heterocycles. The highest BCUT2D eigenvalue weighted by atomic mass is 16.6. The van der Waals surface area contributed by atoms with Crippen LogP contribution in [0.4, 0.5) is 4.79 Å². The molecule has 0 aliphatic carbocycles. The lowest BCUT2D eigenvalue weighted by Gasteiger charge is -2.22. The monoisotopic (exact) mass is 441 g/mol. The Labute approximate surface area is 187 Å². The standard InChI is InChI=1S/C24H29N2O6/c1-24(2,3)32-23(30)26-20(22(28)29)15-18-9-11-19(12-10-18)31-14-13-25-21(27)16-17-7-5-4-6-8-17/h4-13,20H,14-16H2,1-3H3,(H,25,27)(H,26,30)(H,28,29)/t20-/m0/s1. The quantitative estimate of drug-likeness (QED) is 0.488. The number of carbonyl (C=O) groups is 3. The largest absolute Gasteiger partial charge is 0.491 e. The maximum Gasteiger partial charge on any atom is 0.408 e. The van der Waals surface area contributed by atoms with Gasteiger partial charge in [0, 0.05) is 6.42 Å². The van der Waals surface area contributed by atoms with Crippen molar-refractivity contribution < 1.29 is 29.0 Å². The first-order valence-corrected chi connectivity index (χ1v) is 10.2. The lowest BCUT2D eigenvalue weighted by molar-refractivity contribution is -0.139. The summed E-state index contributed by atoms with van der Waals surface area (Å²) in [4.78, 5) is 35.2. The Kier molecular flexibility index (Phi) is 9.07. The fraction of sp³-hybridized carbons (Fsp3) is 0.333. The summed E-state index contributed by atoms with van der Waals surface area (Å²) in [6.07, 6.45) is -0.403. The molecule has 0 aliphatic heterocycles. The van der Waals surface area contributed by atoms with Gasteiger partial charge in [-0.15, -0.1) is 0 Å². The molecule has 2 aromatic rings.